The van der Waals surface area contributed by atoms with E-state index in [1.807, 2.05) is 37.3 Å². The molecule has 1 fully saturated rings. The van der Waals surface area contributed by atoms with Crippen LogP contribution in [0.5, 0.6) is 0 Å². The number of hydrogen-bond acceptors (Lipinski definition) is 5. The van der Waals surface area contributed by atoms with Crippen LogP contribution in [0.1, 0.15) is 28.1 Å². The quantitative estimate of drug-likeness (QED) is 0.816. The number of morpholine rings is 1. The fraction of sp³-hybridized carbons (Fsp3) is 0.389. The Morgan fingerprint density at radius 3 is 2.62 bits per heavy atom. The van der Waals surface area contributed by atoms with Gasteiger partial charge in [0.1, 0.15) is 9.77 Å². The van der Waals surface area contributed by atoms with E-state index in [-0.39, 0.29) is 21.6 Å². The van der Waals surface area contributed by atoms with Gasteiger partial charge in [-0.2, -0.15) is 4.31 Å². The first-order chi connectivity index (χ1) is 12.5. The molecular formula is C18H22N2O4S2. The van der Waals surface area contributed by atoms with Crippen molar-refractivity contribution in [2.75, 3.05) is 32.8 Å². The van der Waals surface area contributed by atoms with Crippen molar-refractivity contribution in [3.05, 3.63) is 52.2 Å². The highest BCUT2D eigenvalue weighted by molar-refractivity contribution is 7.89. The van der Waals surface area contributed by atoms with Crippen LogP contribution < -0.4 is 5.32 Å². The number of sulfonamides is 1. The number of rotatable bonds is 6. The Morgan fingerprint density at radius 1 is 1.23 bits per heavy atom. The Labute approximate surface area is 157 Å². The van der Waals surface area contributed by atoms with Crippen molar-refractivity contribution in [2.24, 2.45) is 0 Å². The Morgan fingerprint density at radius 2 is 1.92 bits per heavy atom. The van der Waals surface area contributed by atoms with E-state index in [0.717, 1.165) is 16.9 Å². The largest absolute Gasteiger partial charge is 0.379 e. The number of thiophene rings is 1. The third-order valence-electron chi connectivity index (χ3n) is 4.36. The standard InChI is InChI=1S/C18H22N2O4S2/c1-14(15-5-3-2-4-6-15)13-19-18(21)17-16(7-12-25-17)26(22,23)20-8-10-24-11-9-20/h2-7,12,14H,8-11,13H2,1H3,(H,19,21)/t14-/m1/s1. The summed E-state index contributed by atoms with van der Waals surface area (Å²) in [4.78, 5) is 12.9. The molecule has 1 aliphatic rings. The van der Waals surface area contributed by atoms with Crippen LogP contribution in [0.25, 0.3) is 0 Å². The van der Waals surface area contributed by atoms with E-state index in [2.05, 4.69) is 5.32 Å². The lowest BCUT2D eigenvalue weighted by atomic mass is 10.0. The predicted octanol–water partition coefficient (Wildman–Crippen LogP) is 2.30. The molecule has 1 aromatic heterocycles. The van der Waals surface area contributed by atoms with Gasteiger partial charge in [-0.05, 0) is 22.9 Å². The highest BCUT2D eigenvalue weighted by Gasteiger charge is 2.31. The van der Waals surface area contributed by atoms with Gasteiger partial charge in [0.15, 0.2) is 0 Å². The first kappa shape index (κ1) is 19.0. The molecule has 1 aliphatic heterocycles. The first-order valence-corrected chi connectivity index (χ1v) is 10.8. The van der Waals surface area contributed by atoms with Gasteiger partial charge < -0.3 is 10.1 Å². The minimum Gasteiger partial charge on any atom is -0.379 e. The Bertz CT molecular complexity index is 843. The van der Waals surface area contributed by atoms with Crippen LogP contribution in [0.4, 0.5) is 0 Å². The summed E-state index contributed by atoms with van der Waals surface area (Å²) in [5, 5.41) is 4.50. The maximum absolute atomic E-state index is 12.8. The van der Waals surface area contributed by atoms with Gasteiger partial charge in [0.2, 0.25) is 10.0 Å². The van der Waals surface area contributed by atoms with Crippen LogP contribution in [0.15, 0.2) is 46.7 Å². The normalized spacial score (nSPS) is 17.0. The van der Waals surface area contributed by atoms with Crippen LogP contribution in [0, 0.1) is 0 Å². The summed E-state index contributed by atoms with van der Waals surface area (Å²) in [6.45, 7) is 3.83. The zero-order valence-corrected chi connectivity index (χ0v) is 16.2. The minimum atomic E-state index is -3.68. The summed E-state index contributed by atoms with van der Waals surface area (Å²) in [5.41, 5.74) is 1.13. The third kappa shape index (κ3) is 4.15. The second-order valence-corrected chi connectivity index (χ2v) is 8.97. The maximum atomic E-state index is 12.8. The SMILES string of the molecule is C[C@H](CNC(=O)c1sccc1S(=O)(=O)N1CCOCC1)c1ccccc1. The maximum Gasteiger partial charge on any atom is 0.262 e. The van der Waals surface area contributed by atoms with Gasteiger partial charge in [0.25, 0.3) is 5.91 Å². The molecule has 1 atom stereocenters. The topological polar surface area (TPSA) is 75.7 Å². The van der Waals surface area contributed by atoms with Crippen molar-refractivity contribution in [3.8, 4) is 0 Å². The zero-order chi connectivity index (χ0) is 18.6. The number of hydrogen-bond donors (Lipinski definition) is 1. The first-order valence-electron chi connectivity index (χ1n) is 8.48. The molecule has 0 bridgehead atoms. The average Bonchev–Trinajstić information content (AvgIpc) is 3.18. The van der Waals surface area contributed by atoms with Crippen molar-refractivity contribution in [2.45, 2.75) is 17.7 Å². The molecule has 1 N–H and O–H groups in total. The van der Waals surface area contributed by atoms with Crippen molar-refractivity contribution in [1.82, 2.24) is 9.62 Å². The molecule has 1 saturated heterocycles. The molecule has 0 unspecified atom stereocenters. The van der Waals surface area contributed by atoms with E-state index >= 15 is 0 Å². The number of carbonyl (C=O) groups is 1. The number of nitrogens with zero attached hydrogens (tertiary/aromatic N) is 1. The Hall–Kier alpha value is -1.74. The Balaban J connectivity index is 1.70. The zero-order valence-electron chi connectivity index (χ0n) is 14.6. The van der Waals surface area contributed by atoms with Gasteiger partial charge in [-0.1, -0.05) is 37.3 Å². The predicted molar refractivity (Wildman–Crippen MR) is 101 cm³/mol. The molecule has 0 spiro atoms. The number of ether oxygens (including phenoxy) is 1. The van der Waals surface area contributed by atoms with Crippen molar-refractivity contribution in [3.63, 3.8) is 0 Å². The summed E-state index contributed by atoms with van der Waals surface area (Å²) in [6, 6.07) is 11.4. The molecule has 8 heteroatoms. The van der Waals surface area contributed by atoms with Crippen LogP contribution >= 0.6 is 11.3 Å². The molecule has 1 amide bonds. The molecule has 26 heavy (non-hydrogen) atoms. The molecule has 3 rings (SSSR count). The Kier molecular flexibility index (Phi) is 6.08. The van der Waals surface area contributed by atoms with Crippen molar-refractivity contribution >= 4 is 27.3 Å². The van der Waals surface area contributed by atoms with Crippen LogP contribution in [0.3, 0.4) is 0 Å². The number of carbonyl (C=O) groups excluding carboxylic acids is 1. The summed E-state index contributed by atoms with van der Waals surface area (Å²) >= 11 is 1.15. The van der Waals surface area contributed by atoms with Crippen molar-refractivity contribution in [1.29, 1.82) is 0 Å². The number of nitrogens with one attached hydrogen (secondary N) is 1. The smallest absolute Gasteiger partial charge is 0.262 e. The lowest BCUT2D eigenvalue weighted by molar-refractivity contribution is 0.0730. The fourth-order valence-electron chi connectivity index (χ4n) is 2.82. The second-order valence-electron chi connectivity index (χ2n) is 6.15. The molecule has 140 valence electrons. The van der Waals surface area contributed by atoms with E-state index in [4.69, 9.17) is 4.74 Å². The molecule has 0 saturated carbocycles. The lowest BCUT2D eigenvalue weighted by Crippen LogP contribution is -2.41. The van der Waals surface area contributed by atoms with E-state index in [1.165, 1.54) is 10.4 Å². The van der Waals surface area contributed by atoms with Crippen LogP contribution in [-0.4, -0.2) is 51.5 Å². The molecule has 1 aromatic carbocycles. The summed E-state index contributed by atoms with van der Waals surface area (Å²) in [7, 11) is -3.68. The highest BCUT2D eigenvalue weighted by atomic mass is 32.2. The van der Waals surface area contributed by atoms with Crippen LogP contribution in [-0.2, 0) is 14.8 Å². The average molecular weight is 395 g/mol. The van der Waals surface area contributed by atoms with Gasteiger partial charge in [0.05, 0.1) is 13.2 Å². The molecular weight excluding hydrogens is 372 g/mol. The van der Waals surface area contributed by atoms with E-state index in [1.54, 1.807) is 5.38 Å². The molecule has 2 heterocycles. The minimum absolute atomic E-state index is 0.0780. The summed E-state index contributed by atoms with van der Waals surface area (Å²) in [6.07, 6.45) is 0. The van der Waals surface area contributed by atoms with Gasteiger partial charge >= 0.3 is 0 Å². The van der Waals surface area contributed by atoms with Gasteiger partial charge in [0, 0.05) is 19.6 Å². The summed E-state index contributed by atoms with van der Waals surface area (Å²) in [5.74, 6) is -0.214. The molecule has 2 aromatic rings. The molecule has 0 aliphatic carbocycles. The second kappa shape index (κ2) is 8.30. The van der Waals surface area contributed by atoms with E-state index < -0.39 is 10.0 Å². The van der Waals surface area contributed by atoms with Gasteiger partial charge in [-0.15, -0.1) is 11.3 Å². The van der Waals surface area contributed by atoms with Gasteiger partial charge in [-0.25, -0.2) is 8.42 Å². The van der Waals surface area contributed by atoms with Crippen LogP contribution in [0.2, 0.25) is 0 Å². The fourth-order valence-corrected chi connectivity index (χ4v) is 5.54. The monoisotopic (exact) mass is 394 g/mol. The third-order valence-corrected chi connectivity index (χ3v) is 7.34. The van der Waals surface area contributed by atoms with Crippen molar-refractivity contribution < 1.29 is 17.9 Å². The molecule has 0 radical (unpaired) electrons. The summed E-state index contributed by atoms with van der Waals surface area (Å²) < 4.78 is 32.3. The molecule has 6 nitrogen and oxygen atoms in total. The number of benzene rings is 1. The van der Waals surface area contributed by atoms with E-state index in [0.29, 0.717) is 32.8 Å². The lowest BCUT2D eigenvalue weighted by Gasteiger charge is -2.26. The highest BCUT2D eigenvalue weighted by Crippen LogP contribution is 2.26. The van der Waals surface area contributed by atoms with Gasteiger partial charge in [-0.3, -0.25) is 4.79 Å². The number of amides is 1. The van der Waals surface area contributed by atoms with E-state index in [9.17, 15) is 13.2 Å².